The van der Waals surface area contributed by atoms with E-state index in [0.29, 0.717) is 5.92 Å². The molecule has 1 aromatic heterocycles. The number of aromatic nitrogens is 1. The lowest BCUT2D eigenvalue weighted by molar-refractivity contribution is 0.320. The number of likely N-dealkylation sites (tertiary alicyclic amines) is 1. The number of hydrogen-bond acceptors (Lipinski definition) is 4. The first-order chi connectivity index (χ1) is 8.83. The van der Waals surface area contributed by atoms with Crippen LogP contribution >= 0.6 is 23.7 Å². The van der Waals surface area contributed by atoms with Gasteiger partial charge in [0.1, 0.15) is 0 Å². The minimum absolute atomic E-state index is 0. The Bertz CT molecular complexity index is 489. The number of nitrogens with zero attached hydrogens (tertiary/aromatic N) is 2. The molecule has 1 aromatic carbocycles. The van der Waals surface area contributed by atoms with E-state index in [4.69, 9.17) is 5.73 Å². The number of thiazole rings is 1. The Kier molecular flexibility index (Phi) is 4.93. The lowest BCUT2D eigenvalue weighted by atomic mass is 9.95. The van der Waals surface area contributed by atoms with E-state index >= 15 is 0 Å². The molecule has 0 aliphatic carbocycles. The smallest absolute Gasteiger partial charge is 0.0795 e. The third-order valence-electron chi connectivity index (χ3n) is 3.54. The van der Waals surface area contributed by atoms with E-state index in [9.17, 15) is 0 Å². The summed E-state index contributed by atoms with van der Waals surface area (Å²) < 4.78 is 0. The van der Waals surface area contributed by atoms with E-state index in [1.165, 1.54) is 5.56 Å². The van der Waals surface area contributed by atoms with Crippen molar-refractivity contribution in [2.75, 3.05) is 13.1 Å². The zero-order valence-corrected chi connectivity index (χ0v) is 12.2. The van der Waals surface area contributed by atoms with Crippen LogP contribution in [0.15, 0.2) is 41.2 Å². The van der Waals surface area contributed by atoms with Crippen molar-refractivity contribution in [3.63, 3.8) is 0 Å². The fraction of sp³-hybridized carbons (Fsp3) is 0.357. The molecule has 3 nitrogen and oxygen atoms in total. The second-order valence-corrected chi connectivity index (χ2v) is 5.57. The van der Waals surface area contributed by atoms with Crippen LogP contribution in [0, 0.1) is 0 Å². The van der Waals surface area contributed by atoms with E-state index in [2.05, 4.69) is 45.6 Å². The second kappa shape index (κ2) is 6.48. The maximum atomic E-state index is 6.27. The molecule has 0 unspecified atom stereocenters. The van der Waals surface area contributed by atoms with Gasteiger partial charge in [-0.05, 0) is 5.56 Å². The number of rotatable bonds is 3. The van der Waals surface area contributed by atoms with Gasteiger partial charge < -0.3 is 5.73 Å². The summed E-state index contributed by atoms with van der Waals surface area (Å²) in [6.45, 7) is 2.90. The lowest BCUT2D eigenvalue weighted by Crippen LogP contribution is -2.28. The predicted octanol–water partition coefficient (Wildman–Crippen LogP) is 2.49. The zero-order chi connectivity index (χ0) is 12.4. The van der Waals surface area contributed by atoms with E-state index in [0.717, 1.165) is 25.3 Å². The maximum Gasteiger partial charge on any atom is 0.0795 e. The van der Waals surface area contributed by atoms with Crippen molar-refractivity contribution in [3.05, 3.63) is 52.5 Å². The summed E-state index contributed by atoms with van der Waals surface area (Å²) >= 11 is 1.65. The van der Waals surface area contributed by atoms with Crippen molar-refractivity contribution in [2.45, 2.75) is 18.5 Å². The summed E-state index contributed by atoms with van der Waals surface area (Å²) in [5.41, 5.74) is 10.7. The Labute approximate surface area is 123 Å². The lowest BCUT2D eigenvalue weighted by Gasteiger charge is -2.15. The van der Waals surface area contributed by atoms with Crippen LogP contribution in [0.4, 0.5) is 0 Å². The van der Waals surface area contributed by atoms with Crippen LogP contribution in [0.2, 0.25) is 0 Å². The van der Waals surface area contributed by atoms with Crippen LogP contribution < -0.4 is 5.73 Å². The Morgan fingerprint density at radius 3 is 2.74 bits per heavy atom. The van der Waals surface area contributed by atoms with Gasteiger partial charge >= 0.3 is 0 Å². The van der Waals surface area contributed by atoms with Crippen LogP contribution in [0.25, 0.3) is 0 Å². The van der Waals surface area contributed by atoms with E-state index in [1.54, 1.807) is 11.3 Å². The highest BCUT2D eigenvalue weighted by Crippen LogP contribution is 2.27. The first kappa shape index (κ1) is 14.5. The molecule has 102 valence electrons. The zero-order valence-electron chi connectivity index (χ0n) is 10.6. The summed E-state index contributed by atoms with van der Waals surface area (Å²) in [5.74, 6) is 0.449. The van der Waals surface area contributed by atoms with Crippen LogP contribution in [0.3, 0.4) is 0 Å². The molecule has 1 saturated heterocycles. The van der Waals surface area contributed by atoms with E-state index < -0.39 is 0 Å². The minimum Gasteiger partial charge on any atom is -0.326 e. The van der Waals surface area contributed by atoms with Crippen molar-refractivity contribution in [3.8, 4) is 0 Å². The number of benzene rings is 1. The molecule has 0 radical (unpaired) electrons. The van der Waals surface area contributed by atoms with Gasteiger partial charge in [-0.1, -0.05) is 30.3 Å². The quantitative estimate of drug-likeness (QED) is 0.946. The minimum atomic E-state index is 0. The average Bonchev–Trinajstić information content (AvgIpc) is 3.01. The van der Waals surface area contributed by atoms with Crippen LogP contribution in [0.1, 0.15) is 17.2 Å². The Morgan fingerprint density at radius 2 is 2.05 bits per heavy atom. The van der Waals surface area contributed by atoms with Gasteiger partial charge in [-0.2, -0.15) is 0 Å². The summed E-state index contributed by atoms with van der Waals surface area (Å²) in [5, 5.41) is 2.11. The van der Waals surface area contributed by atoms with Crippen molar-refractivity contribution in [1.29, 1.82) is 0 Å². The van der Waals surface area contributed by atoms with Gasteiger partial charge in [0.25, 0.3) is 0 Å². The highest BCUT2D eigenvalue weighted by atomic mass is 35.5. The van der Waals surface area contributed by atoms with E-state index in [-0.39, 0.29) is 18.4 Å². The Morgan fingerprint density at radius 1 is 1.26 bits per heavy atom. The standard InChI is InChI=1S/C14H17N3S.ClH/c15-14-8-17(6-12-9-18-10-16-12)7-13(14)11-4-2-1-3-5-11;/h1-5,9-10,13-14H,6-8,15H2;1H/t13-,14+;/m0./s1. The fourth-order valence-electron chi connectivity index (χ4n) is 2.64. The summed E-state index contributed by atoms with van der Waals surface area (Å²) in [7, 11) is 0. The molecular formula is C14H18ClN3S. The first-order valence-electron chi connectivity index (χ1n) is 6.23. The highest BCUT2D eigenvalue weighted by molar-refractivity contribution is 7.07. The summed E-state index contributed by atoms with van der Waals surface area (Å²) in [6.07, 6.45) is 0. The topological polar surface area (TPSA) is 42.1 Å². The molecule has 2 N–H and O–H groups in total. The van der Waals surface area contributed by atoms with E-state index in [1.807, 2.05) is 5.51 Å². The molecule has 2 atom stereocenters. The molecule has 0 amide bonds. The van der Waals surface area contributed by atoms with Crippen molar-refractivity contribution in [1.82, 2.24) is 9.88 Å². The fourth-order valence-corrected chi connectivity index (χ4v) is 3.19. The average molecular weight is 296 g/mol. The van der Waals surface area contributed by atoms with Gasteiger partial charge in [0.15, 0.2) is 0 Å². The first-order valence-corrected chi connectivity index (χ1v) is 7.17. The summed E-state index contributed by atoms with van der Waals surface area (Å²) in [4.78, 5) is 6.74. The predicted molar refractivity (Wildman–Crippen MR) is 81.8 cm³/mol. The van der Waals surface area contributed by atoms with Gasteiger partial charge in [0.2, 0.25) is 0 Å². The van der Waals surface area contributed by atoms with Crippen LogP contribution in [-0.2, 0) is 6.54 Å². The maximum absolute atomic E-state index is 6.27. The molecule has 2 heterocycles. The molecule has 1 aliphatic heterocycles. The Hall–Kier alpha value is -0.940. The van der Waals surface area contributed by atoms with Crippen LogP contribution in [0.5, 0.6) is 0 Å². The molecule has 1 aliphatic rings. The van der Waals surface area contributed by atoms with Gasteiger partial charge in [0, 0.05) is 37.0 Å². The molecule has 0 saturated carbocycles. The largest absolute Gasteiger partial charge is 0.326 e. The monoisotopic (exact) mass is 295 g/mol. The third-order valence-corrected chi connectivity index (χ3v) is 4.17. The number of halogens is 1. The van der Waals surface area contributed by atoms with Gasteiger partial charge in [0.05, 0.1) is 11.2 Å². The number of hydrogen-bond donors (Lipinski definition) is 1. The molecule has 5 heteroatoms. The molecule has 0 bridgehead atoms. The molecule has 19 heavy (non-hydrogen) atoms. The van der Waals surface area contributed by atoms with Crippen molar-refractivity contribution in [2.24, 2.45) is 5.73 Å². The van der Waals surface area contributed by atoms with Crippen molar-refractivity contribution < 1.29 is 0 Å². The third kappa shape index (κ3) is 3.34. The Balaban J connectivity index is 0.00000133. The molecule has 2 aromatic rings. The summed E-state index contributed by atoms with van der Waals surface area (Å²) in [6, 6.07) is 10.8. The molecule has 0 spiro atoms. The molecule has 1 fully saturated rings. The van der Waals surface area contributed by atoms with Gasteiger partial charge in [-0.25, -0.2) is 4.98 Å². The number of nitrogens with two attached hydrogens (primary N) is 1. The highest BCUT2D eigenvalue weighted by Gasteiger charge is 2.31. The molecular weight excluding hydrogens is 278 g/mol. The van der Waals surface area contributed by atoms with Gasteiger partial charge in [-0.3, -0.25) is 4.90 Å². The van der Waals surface area contributed by atoms with Crippen LogP contribution in [-0.4, -0.2) is 29.0 Å². The second-order valence-electron chi connectivity index (χ2n) is 4.85. The SMILES string of the molecule is Cl.N[C@@H]1CN(Cc2cscn2)C[C@H]1c1ccccc1. The normalized spacial score (nSPS) is 23.2. The molecule has 3 rings (SSSR count). The van der Waals surface area contributed by atoms with Gasteiger partial charge in [-0.15, -0.1) is 23.7 Å². The van der Waals surface area contributed by atoms with Crippen molar-refractivity contribution >= 4 is 23.7 Å².